The van der Waals surface area contributed by atoms with Crippen LogP contribution in [-0.2, 0) is 6.54 Å². The van der Waals surface area contributed by atoms with Gasteiger partial charge in [0, 0.05) is 36.9 Å². The quantitative estimate of drug-likeness (QED) is 0.895. The molecule has 1 aliphatic carbocycles. The third-order valence-corrected chi connectivity index (χ3v) is 4.00. The summed E-state index contributed by atoms with van der Waals surface area (Å²) in [4.78, 5) is 8.34. The average molecular weight is 257 g/mol. The van der Waals surface area contributed by atoms with Crippen molar-refractivity contribution >= 4 is 0 Å². The molecule has 0 aromatic carbocycles. The van der Waals surface area contributed by atoms with E-state index < -0.39 is 6.10 Å². The normalized spacial score (nSPS) is 17.1. The van der Waals surface area contributed by atoms with Crippen LogP contribution in [-0.4, -0.2) is 19.6 Å². The minimum Gasteiger partial charge on any atom is -0.380 e. The highest BCUT2D eigenvalue weighted by Gasteiger charge is 2.19. The Morgan fingerprint density at radius 3 is 2.95 bits per heavy atom. The van der Waals surface area contributed by atoms with Gasteiger partial charge in [-0.2, -0.15) is 0 Å². The van der Waals surface area contributed by atoms with E-state index in [0.717, 1.165) is 18.0 Å². The number of aliphatic hydroxyl groups is 1. The van der Waals surface area contributed by atoms with E-state index in [1.165, 1.54) is 25.7 Å². The highest BCUT2D eigenvalue weighted by Crippen LogP contribution is 2.30. The van der Waals surface area contributed by atoms with Crippen LogP contribution in [0.5, 0.6) is 0 Å². The lowest BCUT2D eigenvalue weighted by atomic mass is 9.83. The number of aliphatic hydroxyl groups excluding tert-OH is 1. The van der Waals surface area contributed by atoms with Gasteiger partial charge in [0.25, 0.3) is 0 Å². The second-order valence-corrected chi connectivity index (χ2v) is 5.25. The molecule has 3 rings (SSSR count). The van der Waals surface area contributed by atoms with Gasteiger partial charge in [0.2, 0.25) is 0 Å². The first-order valence-electron chi connectivity index (χ1n) is 6.93. The summed E-state index contributed by atoms with van der Waals surface area (Å²) in [6.07, 6.45) is 11.7. The lowest BCUT2D eigenvalue weighted by molar-refractivity contribution is 0.200. The predicted octanol–water partition coefficient (Wildman–Crippen LogP) is 2.55. The topological polar surface area (TPSA) is 50.9 Å². The van der Waals surface area contributed by atoms with Gasteiger partial charge in [0.1, 0.15) is 11.9 Å². The van der Waals surface area contributed by atoms with Gasteiger partial charge in [-0.05, 0) is 18.4 Å². The molecule has 2 heterocycles. The van der Waals surface area contributed by atoms with Gasteiger partial charge in [0.05, 0.1) is 0 Å². The molecule has 0 amide bonds. The molecule has 4 heteroatoms. The molecule has 0 spiro atoms. The predicted molar refractivity (Wildman–Crippen MR) is 72.5 cm³/mol. The SMILES string of the molecule is OC(c1cccnc1)c1nccn1CCC1CCC1. The van der Waals surface area contributed by atoms with Gasteiger partial charge >= 0.3 is 0 Å². The van der Waals surface area contributed by atoms with Crippen LogP contribution in [0.15, 0.2) is 36.9 Å². The highest BCUT2D eigenvalue weighted by molar-refractivity contribution is 5.19. The Morgan fingerprint density at radius 2 is 2.26 bits per heavy atom. The monoisotopic (exact) mass is 257 g/mol. The fraction of sp³-hybridized carbons (Fsp3) is 0.467. The molecule has 19 heavy (non-hydrogen) atoms. The molecule has 0 radical (unpaired) electrons. The maximum absolute atomic E-state index is 10.4. The molecular weight excluding hydrogens is 238 g/mol. The third-order valence-electron chi connectivity index (χ3n) is 4.00. The number of aryl methyl sites for hydroxylation is 1. The molecule has 0 bridgehead atoms. The van der Waals surface area contributed by atoms with Crippen molar-refractivity contribution < 1.29 is 5.11 Å². The second-order valence-electron chi connectivity index (χ2n) is 5.25. The number of pyridine rings is 1. The minimum atomic E-state index is -0.690. The van der Waals surface area contributed by atoms with Crippen LogP contribution in [0.25, 0.3) is 0 Å². The van der Waals surface area contributed by atoms with Gasteiger partial charge in [-0.3, -0.25) is 4.98 Å². The van der Waals surface area contributed by atoms with Crippen molar-refractivity contribution in [1.29, 1.82) is 0 Å². The Kier molecular flexibility index (Phi) is 3.60. The van der Waals surface area contributed by atoms with Gasteiger partial charge < -0.3 is 9.67 Å². The molecule has 4 nitrogen and oxygen atoms in total. The average Bonchev–Trinajstić information content (AvgIpc) is 2.85. The third kappa shape index (κ3) is 2.68. The smallest absolute Gasteiger partial charge is 0.142 e. The maximum atomic E-state index is 10.4. The summed E-state index contributed by atoms with van der Waals surface area (Å²) in [6.45, 7) is 0.942. The van der Waals surface area contributed by atoms with E-state index in [-0.39, 0.29) is 0 Å². The molecule has 1 N–H and O–H groups in total. The van der Waals surface area contributed by atoms with Crippen LogP contribution >= 0.6 is 0 Å². The number of hydrogen-bond acceptors (Lipinski definition) is 3. The maximum Gasteiger partial charge on any atom is 0.142 e. The standard InChI is InChI=1S/C15H19N3O/c19-14(13-5-2-7-16-11-13)15-17-8-10-18(15)9-6-12-3-1-4-12/h2,5,7-8,10-12,14,19H,1,3-4,6,9H2. The molecule has 1 fully saturated rings. The molecule has 2 aromatic rings. The summed E-state index contributed by atoms with van der Waals surface area (Å²) < 4.78 is 2.07. The van der Waals surface area contributed by atoms with Gasteiger partial charge in [0.15, 0.2) is 0 Å². The van der Waals surface area contributed by atoms with Crippen molar-refractivity contribution in [2.24, 2.45) is 5.92 Å². The second kappa shape index (κ2) is 5.53. The van der Waals surface area contributed by atoms with E-state index in [4.69, 9.17) is 0 Å². The van der Waals surface area contributed by atoms with E-state index in [1.54, 1.807) is 18.6 Å². The number of rotatable bonds is 5. The van der Waals surface area contributed by atoms with Crippen molar-refractivity contribution in [2.75, 3.05) is 0 Å². The van der Waals surface area contributed by atoms with Crippen LogP contribution < -0.4 is 0 Å². The van der Waals surface area contributed by atoms with E-state index in [9.17, 15) is 5.11 Å². The largest absolute Gasteiger partial charge is 0.380 e. The zero-order valence-electron chi connectivity index (χ0n) is 10.9. The summed E-state index contributed by atoms with van der Waals surface area (Å²) >= 11 is 0. The van der Waals surface area contributed by atoms with Crippen molar-refractivity contribution in [2.45, 2.75) is 38.3 Å². The summed E-state index contributed by atoms with van der Waals surface area (Å²) in [5.74, 6) is 1.58. The van der Waals surface area contributed by atoms with Crippen LogP contribution in [0.1, 0.15) is 43.2 Å². The Bertz CT molecular complexity index is 519. The van der Waals surface area contributed by atoms with Gasteiger partial charge in [-0.1, -0.05) is 25.3 Å². The van der Waals surface area contributed by atoms with Crippen LogP contribution in [0.3, 0.4) is 0 Å². The summed E-state index contributed by atoms with van der Waals surface area (Å²) in [5, 5.41) is 10.4. The fourth-order valence-corrected chi connectivity index (χ4v) is 2.55. The van der Waals surface area contributed by atoms with E-state index >= 15 is 0 Å². The first kappa shape index (κ1) is 12.4. The lowest BCUT2D eigenvalue weighted by Gasteiger charge is -2.25. The first-order valence-corrected chi connectivity index (χ1v) is 6.93. The molecule has 0 aliphatic heterocycles. The minimum absolute atomic E-state index is 0.690. The summed E-state index contributed by atoms with van der Waals surface area (Å²) in [7, 11) is 0. The van der Waals surface area contributed by atoms with Crippen molar-refractivity contribution in [1.82, 2.24) is 14.5 Å². The summed E-state index contributed by atoms with van der Waals surface area (Å²) in [5.41, 5.74) is 0.790. The Hall–Kier alpha value is -1.68. The zero-order chi connectivity index (χ0) is 13.1. The summed E-state index contributed by atoms with van der Waals surface area (Å²) in [6, 6.07) is 3.71. The molecule has 100 valence electrons. The first-order chi connectivity index (χ1) is 9.34. The van der Waals surface area contributed by atoms with Crippen molar-refractivity contribution in [3.05, 3.63) is 48.3 Å². The number of hydrogen-bond donors (Lipinski definition) is 1. The lowest BCUT2D eigenvalue weighted by Crippen LogP contribution is -2.16. The molecule has 1 saturated carbocycles. The fourth-order valence-electron chi connectivity index (χ4n) is 2.55. The molecule has 1 atom stereocenters. The van der Waals surface area contributed by atoms with Gasteiger partial charge in [-0.25, -0.2) is 4.98 Å². The number of imidazole rings is 1. The Morgan fingerprint density at radius 1 is 1.37 bits per heavy atom. The molecular formula is C15H19N3O. The number of nitrogens with zero attached hydrogens (tertiary/aromatic N) is 3. The van der Waals surface area contributed by atoms with Crippen LogP contribution in [0.4, 0.5) is 0 Å². The van der Waals surface area contributed by atoms with Crippen LogP contribution in [0, 0.1) is 5.92 Å². The van der Waals surface area contributed by atoms with Gasteiger partial charge in [-0.15, -0.1) is 0 Å². The Labute approximate surface area is 113 Å². The highest BCUT2D eigenvalue weighted by atomic mass is 16.3. The van der Waals surface area contributed by atoms with Crippen LogP contribution in [0.2, 0.25) is 0 Å². The molecule has 2 aromatic heterocycles. The molecule has 0 saturated heterocycles. The molecule has 1 unspecified atom stereocenters. The van der Waals surface area contributed by atoms with E-state index in [2.05, 4.69) is 14.5 Å². The Balaban J connectivity index is 1.71. The van der Waals surface area contributed by atoms with E-state index in [1.807, 2.05) is 18.3 Å². The zero-order valence-corrected chi connectivity index (χ0v) is 10.9. The molecule has 1 aliphatic rings. The van der Waals surface area contributed by atoms with Crippen molar-refractivity contribution in [3.8, 4) is 0 Å². The van der Waals surface area contributed by atoms with Crippen molar-refractivity contribution in [3.63, 3.8) is 0 Å². The number of aromatic nitrogens is 3. The van der Waals surface area contributed by atoms with E-state index in [0.29, 0.717) is 5.82 Å².